The summed E-state index contributed by atoms with van der Waals surface area (Å²) in [4.78, 5) is 34.7. The molecule has 0 atom stereocenters. The molecule has 0 aliphatic carbocycles. The normalized spacial score (nSPS) is 14.5. The molecule has 0 aromatic carbocycles. The Morgan fingerprint density at radius 1 is 1.24 bits per heavy atom. The standard InChI is InChI=1S/C10H16N4O3/c11-7-12-4-5-13-8(15)3-6-14-9(16)1-2-10(14)17/h1-2,12H,3-7,11H2,(H,13,15). The summed E-state index contributed by atoms with van der Waals surface area (Å²) >= 11 is 0. The van der Waals surface area contributed by atoms with Crippen molar-refractivity contribution in [2.45, 2.75) is 6.42 Å². The second kappa shape index (κ2) is 6.77. The molecular weight excluding hydrogens is 224 g/mol. The van der Waals surface area contributed by atoms with E-state index in [0.717, 1.165) is 4.90 Å². The van der Waals surface area contributed by atoms with Gasteiger partial charge in [0, 0.05) is 44.9 Å². The molecule has 1 aliphatic rings. The lowest BCUT2D eigenvalue weighted by Crippen LogP contribution is -2.37. The van der Waals surface area contributed by atoms with Crippen molar-refractivity contribution < 1.29 is 14.4 Å². The number of nitrogens with zero attached hydrogens (tertiary/aromatic N) is 1. The Hall–Kier alpha value is -1.73. The molecule has 0 spiro atoms. The Kier molecular flexibility index (Phi) is 5.31. The molecule has 1 aliphatic heterocycles. The Morgan fingerprint density at radius 3 is 2.47 bits per heavy atom. The van der Waals surface area contributed by atoms with E-state index in [1.54, 1.807) is 0 Å². The van der Waals surface area contributed by atoms with Crippen LogP contribution in [0, 0.1) is 0 Å². The molecule has 0 aromatic rings. The molecule has 3 amide bonds. The molecule has 7 nitrogen and oxygen atoms in total. The van der Waals surface area contributed by atoms with Crippen LogP contribution >= 0.6 is 0 Å². The first-order chi connectivity index (χ1) is 8.15. The van der Waals surface area contributed by atoms with Gasteiger partial charge < -0.3 is 16.4 Å². The maximum Gasteiger partial charge on any atom is 0.253 e. The molecule has 1 rings (SSSR count). The van der Waals surface area contributed by atoms with E-state index in [1.807, 2.05) is 0 Å². The number of rotatable bonds is 7. The van der Waals surface area contributed by atoms with Gasteiger partial charge >= 0.3 is 0 Å². The first-order valence-corrected chi connectivity index (χ1v) is 5.36. The van der Waals surface area contributed by atoms with Crippen LogP contribution in [0.1, 0.15) is 6.42 Å². The molecule has 0 fully saturated rings. The molecule has 0 unspecified atom stereocenters. The van der Waals surface area contributed by atoms with Gasteiger partial charge in [-0.3, -0.25) is 19.3 Å². The van der Waals surface area contributed by atoms with Gasteiger partial charge in [0.2, 0.25) is 5.91 Å². The van der Waals surface area contributed by atoms with Gasteiger partial charge in [-0.05, 0) is 0 Å². The van der Waals surface area contributed by atoms with E-state index < -0.39 is 0 Å². The van der Waals surface area contributed by atoms with E-state index in [0.29, 0.717) is 19.8 Å². The van der Waals surface area contributed by atoms with E-state index in [2.05, 4.69) is 10.6 Å². The van der Waals surface area contributed by atoms with E-state index >= 15 is 0 Å². The molecule has 4 N–H and O–H groups in total. The van der Waals surface area contributed by atoms with Gasteiger partial charge in [-0.2, -0.15) is 0 Å². The third-order valence-electron chi connectivity index (χ3n) is 2.23. The predicted octanol–water partition coefficient (Wildman–Crippen LogP) is -2.08. The maximum atomic E-state index is 11.3. The Balaban J connectivity index is 2.16. The average Bonchev–Trinajstić information content (AvgIpc) is 2.62. The smallest absolute Gasteiger partial charge is 0.253 e. The molecule has 0 saturated carbocycles. The van der Waals surface area contributed by atoms with E-state index in [-0.39, 0.29) is 30.7 Å². The van der Waals surface area contributed by atoms with Crippen LogP contribution in [0.3, 0.4) is 0 Å². The number of hydrogen-bond acceptors (Lipinski definition) is 5. The molecule has 7 heteroatoms. The van der Waals surface area contributed by atoms with Gasteiger partial charge in [-0.25, -0.2) is 0 Å². The lowest BCUT2D eigenvalue weighted by atomic mass is 10.3. The van der Waals surface area contributed by atoms with Crippen LogP contribution in [0.4, 0.5) is 0 Å². The maximum absolute atomic E-state index is 11.3. The summed E-state index contributed by atoms with van der Waals surface area (Å²) in [5.41, 5.74) is 5.20. The fraction of sp³-hybridized carbons (Fsp3) is 0.500. The summed E-state index contributed by atoms with van der Waals surface area (Å²) in [6, 6.07) is 0. The van der Waals surface area contributed by atoms with Crippen molar-refractivity contribution >= 4 is 17.7 Å². The average molecular weight is 240 g/mol. The number of amides is 3. The largest absolute Gasteiger partial charge is 0.355 e. The van der Waals surface area contributed by atoms with E-state index in [4.69, 9.17) is 5.73 Å². The summed E-state index contributed by atoms with van der Waals surface area (Å²) in [6.45, 7) is 1.53. The Bertz CT molecular complexity index is 322. The summed E-state index contributed by atoms with van der Waals surface area (Å²) < 4.78 is 0. The predicted molar refractivity (Wildman–Crippen MR) is 60.5 cm³/mol. The summed E-state index contributed by atoms with van der Waals surface area (Å²) in [5, 5.41) is 5.49. The zero-order valence-electron chi connectivity index (χ0n) is 9.44. The fourth-order valence-corrected chi connectivity index (χ4v) is 1.35. The molecule has 0 saturated heterocycles. The van der Waals surface area contributed by atoms with E-state index in [1.165, 1.54) is 12.2 Å². The highest BCUT2D eigenvalue weighted by molar-refractivity contribution is 6.13. The molecular formula is C10H16N4O3. The van der Waals surface area contributed by atoms with Crippen LogP contribution in [0.25, 0.3) is 0 Å². The number of hydrogen-bond donors (Lipinski definition) is 3. The topological polar surface area (TPSA) is 105 Å². The van der Waals surface area contributed by atoms with Gasteiger partial charge in [-0.15, -0.1) is 0 Å². The highest BCUT2D eigenvalue weighted by Crippen LogP contribution is 2.03. The molecule has 94 valence electrons. The summed E-state index contributed by atoms with van der Waals surface area (Å²) in [5.74, 6) is -0.934. The van der Waals surface area contributed by atoms with Crippen molar-refractivity contribution in [2.75, 3.05) is 26.3 Å². The minimum atomic E-state index is -0.368. The van der Waals surface area contributed by atoms with E-state index in [9.17, 15) is 14.4 Å². The third kappa shape index (κ3) is 4.33. The number of carbonyl (C=O) groups excluding carboxylic acids is 3. The molecule has 0 radical (unpaired) electrons. The second-order valence-corrected chi connectivity index (χ2v) is 3.47. The molecule has 17 heavy (non-hydrogen) atoms. The first kappa shape index (κ1) is 13.3. The zero-order chi connectivity index (χ0) is 12.7. The van der Waals surface area contributed by atoms with Crippen LogP contribution in [0.15, 0.2) is 12.2 Å². The lowest BCUT2D eigenvalue weighted by molar-refractivity contribution is -0.137. The van der Waals surface area contributed by atoms with Crippen molar-refractivity contribution in [1.82, 2.24) is 15.5 Å². The summed E-state index contributed by atoms with van der Waals surface area (Å²) in [7, 11) is 0. The third-order valence-corrected chi connectivity index (χ3v) is 2.23. The quantitative estimate of drug-likeness (QED) is 0.269. The zero-order valence-corrected chi connectivity index (χ0v) is 9.44. The van der Waals surface area contributed by atoms with Gasteiger partial charge in [0.1, 0.15) is 0 Å². The van der Waals surface area contributed by atoms with Gasteiger partial charge in [-0.1, -0.05) is 0 Å². The fourth-order valence-electron chi connectivity index (χ4n) is 1.35. The van der Waals surface area contributed by atoms with Crippen LogP contribution in [-0.2, 0) is 14.4 Å². The van der Waals surface area contributed by atoms with Gasteiger partial charge in [0.15, 0.2) is 0 Å². The first-order valence-electron chi connectivity index (χ1n) is 5.36. The van der Waals surface area contributed by atoms with Gasteiger partial charge in [0.25, 0.3) is 11.8 Å². The minimum Gasteiger partial charge on any atom is -0.355 e. The lowest BCUT2D eigenvalue weighted by Gasteiger charge is -2.13. The van der Waals surface area contributed by atoms with Crippen molar-refractivity contribution in [2.24, 2.45) is 5.73 Å². The monoisotopic (exact) mass is 240 g/mol. The SMILES string of the molecule is NCNCCNC(=O)CCN1C(=O)C=CC1=O. The number of nitrogens with one attached hydrogen (secondary N) is 2. The Labute approximate surface area is 99.0 Å². The van der Waals surface area contributed by atoms with Crippen LogP contribution < -0.4 is 16.4 Å². The number of nitrogens with two attached hydrogens (primary N) is 1. The van der Waals surface area contributed by atoms with Crippen LogP contribution in [-0.4, -0.2) is 48.9 Å². The molecule has 0 aromatic heterocycles. The highest BCUT2D eigenvalue weighted by Gasteiger charge is 2.23. The number of imide groups is 1. The molecule has 1 heterocycles. The number of carbonyl (C=O) groups is 3. The van der Waals surface area contributed by atoms with Crippen molar-refractivity contribution in [1.29, 1.82) is 0 Å². The van der Waals surface area contributed by atoms with Crippen LogP contribution in [0.2, 0.25) is 0 Å². The molecule has 0 bridgehead atoms. The van der Waals surface area contributed by atoms with Crippen molar-refractivity contribution in [3.8, 4) is 0 Å². The summed E-state index contributed by atoms with van der Waals surface area (Å²) in [6.07, 6.45) is 2.51. The highest BCUT2D eigenvalue weighted by atomic mass is 16.2. The van der Waals surface area contributed by atoms with Crippen molar-refractivity contribution in [3.05, 3.63) is 12.2 Å². The second-order valence-electron chi connectivity index (χ2n) is 3.47. The van der Waals surface area contributed by atoms with Crippen LogP contribution in [0.5, 0.6) is 0 Å². The van der Waals surface area contributed by atoms with Crippen molar-refractivity contribution in [3.63, 3.8) is 0 Å². The minimum absolute atomic E-state index is 0.112. The Morgan fingerprint density at radius 2 is 1.88 bits per heavy atom. The van der Waals surface area contributed by atoms with Gasteiger partial charge in [0.05, 0.1) is 0 Å².